The molecule has 0 aromatic carbocycles. The summed E-state index contributed by atoms with van der Waals surface area (Å²) in [7, 11) is 0.361. The SMILES string of the molecule is CN(C(=O)c1cc(-c2ccc(Cl)s2)n(C)n1)C1CCS(=O)(=O)C1. The monoisotopic (exact) mass is 373 g/mol. The normalized spacial score (nSPS) is 19.9. The molecule has 0 bridgehead atoms. The van der Waals surface area contributed by atoms with Crippen molar-refractivity contribution in [2.75, 3.05) is 18.6 Å². The van der Waals surface area contributed by atoms with Crippen molar-refractivity contribution in [1.82, 2.24) is 14.7 Å². The first-order chi connectivity index (χ1) is 10.8. The fourth-order valence-corrected chi connectivity index (χ4v) is 5.55. The Morgan fingerprint density at radius 3 is 2.78 bits per heavy atom. The quantitative estimate of drug-likeness (QED) is 0.825. The number of rotatable bonds is 3. The van der Waals surface area contributed by atoms with Gasteiger partial charge in [0.05, 0.1) is 26.4 Å². The maximum Gasteiger partial charge on any atom is 0.274 e. The molecule has 3 rings (SSSR count). The summed E-state index contributed by atoms with van der Waals surface area (Å²) in [5.41, 5.74) is 1.11. The van der Waals surface area contributed by atoms with Crippen LogP contribution in [0.4, 0.5) is 0 Å². The molecule has 1 amide bonds. The van der Waals surface area contributed by atoms with Crippen molar-refractivity contribution in [3.8, 4) is 10.6 Å². The van der Waals surface area contributed by atoms with Crippen LogP contribution in [0.1, 0.15) is 16.9 Å². The Morgan fingerprint density at radius 1 is 1.48 bits per heavy atom. The van der Waals surface area contributed by atoms with E-state index in [2.05, 4.69) is 5.10 Å². The summed E-state index contributed by atoms with van der Waals surface area (Å²) < 4.78 is 25.5. The van der Waals surface area contributed by atoms with Crippen LogP contribution in [-0.4, -0.2) is 53.6 Å². The van der Waals surface area contributed by atoms with Crippen molar-refractivity contribution >= 4 is 38.7 Å². The first-order valence-electron chi connectivity index (χ1n) is 7.04. The van der Waals surface area contributed by atoms with E-state index in [1.54, 1.807) is 30.9 Å². The van der Waals surface area contributed by atoms with E-state index in [4.69, 9.17) is 11.6 Å². The Hall–Kier alpha value is -1.38. The van der Waals surface area contributed by atoms with Crippen LogP contribution in [0, 0.1) is 0 Å². The molecule has 1 fully saturated rings. The van der Waals surface area contributed by atoms with Gasteiger partial charge in [-0.05, 0) is 24.6 Å². The summed E-state index contributed by atoms with van der Waals surface area (Å²) in [6.07, 6.45) is 0.477. The van der Waals surface area contributed by atoms with Crippen LogP contribution < -0.4 is 0 Å². The van der Waals surface area contributed by atoms with Gasteiger partial charge in [-0.15, -0.1) is 11.3 Å². The second kappa shape index (κ2) is 5.92. The fourth-order valence-electron chi connectivity index (χ4n) is 2.68. The highest BCUT2D eigenvalue weighted by molar-refractivity contribution is 7.91. The van der Waals surface area contributed by atoms with Crippen LogP contribution in [0.2, 0.25) is 4.34 Å². The second-order valence-electron chi connectivity index (χ2n) is 5.62. The number of aryl methyl sites for hydroxylation is 1. The van der Waals surface area contributed by atoms with E-state index in [-0.39, 0.29) is 23.5 Å². The molecule has 0 saturated carbocycles. The van der Waals surface area contributed by atoms with Crippen molar-refractivity contribution in [3.63, 3.8) is 0 Å². The molecule has 23 heavy (non-hydrogen) atoms. The van der Waals surface area contributed by atoms with E-state index < -0.39 is 9.84 Å². The summed E-state index contributed by atoms with van der Waals surface area (Å²) >= 11 is 7.37. The lowest BCUT2D eigenvalue weighted by molar-refractivity contribution is 0.0741. The molecule has 2 aromatic rings. The van der Waals surface area contributed by atoms with E-state index in [1.807, 2.05) is 6.07 Å². The molecule has 1 unspecified atom stereocenters. The maximum absolute atomic E-state index is 12.6. The van der Waals surface area contributed by atoms with E-state index in [0.717, 1.165) is 10.6 Å². The Bertz CT molecular complexity index is 856. The minimum Gasteiger partial charge on any atom is -0.336 e. The van der Waals surface area contributed by atoms with Gasteiger partial charge in [-0.25, -0.2) is 8.42 Å². The number of hydrogen-bond acceptors (Lipinski definition) is 5. The zero-order chi connectivity index (χ0) is 16.8. The molecular formula is C14H16ClN3O3S2. The van der Waals surface area contributed by atoms with Gasteiger partial charge in [0, 0.05) is 20.1 Å². The first kappa shape index (κ1) is 16.5. The number of thiophene rings is 1. The predicted octanol–water partition coefficient (Wildman–Crippen LogP) is 2.06. The largest absolute Gasteiger partial charge is 0.336 e. The van der Waals surface area contributed by atoms with Crippen molar-refractivity contribution in [2.45, 2.75) is 12.5 Å². The summed E-state index contributed by atoms with van der Waals surface area (Å²) in [6.45, 7) is 0. The van der Waals surface area contributed by atoms with Crippen molar-refractivity contribution in [3.05, 3.63) is 28.2 Å². The van der Waals surface area contributed by atoms with Crippen molar-refractivity contribution in [1.29, 1.82) is 0 Å². The minimum absolute atomic E-state index is 0.0233. The number of nitrogens with zero attached hydrogens (tertiary/aromatic N) is 3. The molecule has 1 atom stereocenters. The van der Waals surface area contributed by atoms with Gasteiger partial charge in [0.15, 0.2) is 15.5 Å². The van der Waals surface area contributed by atoms with Gasteiger partial charge in [-0.2, -0.15) is 5.10 Å². The lowest BCUT2D eigenvalue weighted by Gasteiger charge is -2.22. The highest BCUT2D eigenvalue weighted by Crippen LogP contribution is 2.31. The number of amides is 1. The average molecular weight is 374 g/mol. The van der Waals surface area contributed by atoms with Gasteiger partial charge in [0.2, 0.25) is 0 Å². The molecule has 124 valence electrons. The van der Waals surface area contributed by atoms with Gasteiger partial charge < -0.3 is 4.90 Å². The van der Waals surface area contributed by atoms with Crippen LogP contribution in [0.25, 0.3) is 10.6 Å². The average Bonchev–Trinajstić information content (AvgIpc) is 3.16. The Kier molecular flexibility index (Phi) is 4.24. The van der Waals surface area contributed by atoms with E-state index in [9.17, 15) is 13.2 Å². The van der Waals surface area contributed by atoms with E-state index in [1.165, 1.54) is 16.2 Å². The summed E-state index contributed by atoms with van der Waals surface area (Å²) in [5.74, 6) is -0.108. The number of halogens is 1. The van der Waals surface area contributed by atoms with Crippen LogP contribution in [-0.2, 0) is 16.9 Å². The van der Waals surface area contributed by atoms with Crippen LogP contribution >= 0.6 is 22.9 Å². The zero-order valence-corrected chi connectivity index (χ0v) is 15.1. The molecular weight excluding hydrogens is 358 g/mol. The molecule has 1 aliphatic heterocycles. The standard InChI is InChI=1S/C14H16ClN3O3S2/c1-17(9-5-6-23(20,21)8-9)14(19)10-7-11(18(2)16-10)12-3-4-13(15)22-12/h3-4,7,9H,5-6,8H2,1-2H3. The number of hydrogen-bond donors (Lipinski definition) is 0. The van der Waals surface area contributed by atoms with Crippen molar-refractivity contribution in [2.24, 2.45) is 7.05 Å². The molecule has 2 aromatic heterocycles. The third kappa shape index (κ3) is 3.29. The van der Waals surface area contributed by atoms with Gasteiger partial charge in [0.1, 0.15) is 0 Å². The summed E-state index contributed by atoms with van der Waals surface area (Å²) in [6, 6.07) is 5.11. The smallest absolute Gasteiger partial charge is 0.274 e. The van der Waals surface area contributed by atoms with Gasteiger partial charge in [-0.3, -0.25) is 9.48 Å². The number of carbonyl (C=O) groups is 1. The first-order valence-corrected chi connectivity index (χ1v) is 10.1. The van der Waals surface area contributed by atoms with E-state index in [0.29, 0.717) is 16.5 Å². The molecule has 1 aliphatic rings. The highest BCUT2D eigenvalue weighted by atomic mass is 35.5. The van der Waals surface area contributed by atoms with Gasteiger partial charge in [0.25, 0.3) is 5.91 Å². The second-order valence-corrected chi connectivity index (χ2v) is 9.56. The Morgan fingerprint density at radius 2 is 2.22 bits per heavy atom. The van der Waals surface area contributed by atoms with E-state index >= 15 is 0 Å². The van der Waals surface area contributed by atoms with Gasteiger partial charge in [-0.1, -0.05) is 11.6 Å². The summed E-state index contributed by atoms with van der Waals surface area (Å²) in [4.78, 5) is 15.0. The zero-order valence-electron chi connectivity index (χ0n) is 12.7. The minimum atomic E-state index is -3.03. The maximum atomic E-state index is 12.6. The molecule has 0 spiro atoms. The van der Waals surface area contributed by atoms with Crippen LogP contribution in [0.3, 0.4) is 0 Å². The third-order valence-electron chi connectivity index (χ3n) is 4.00. The fraction of sp³-hybridized carbons (Fsp3) is 0.429. The highest BCUT2D eigenvalue weighted by Gasteiger charge is 2.33. The Labute approximate surface area is 143 Å². The van der Waals surface area contributed by atoms with Crippen LogP contribution in [0.5, 0.6) is 0 Å². The number of sulfone groups is 1. The topological polar surface area (TPSA) is 72.3 Å². The molecule has 9 heteroatoms. The van der Waals surface area contributed by atoms with Gasteiger partial charge >= 0.3 is 0 Å². The molecule has 0 aliphatic carbocycles. The third-order valence-corrected chi connectivity index (χ3v) is 7.01. The van der Waals surface area contributed by atoms with Crippen LogP contribution in [0.15, 0.2) is 18.2 Å². The molecule has 1 saturated heterocycles. The number of carbonyl (C=O) groups excluding carboxylic acids is 1. The summed E-state index contributed by atoms with van der Waals surface area (Å²) in [5, 5.41) is 4.26. The molecule has 6 nitrogen and oxygen atoms in total. The van der Waals surface area contributed by atoms with Crippen molar-refractivity contribution < 1.29 is 13.2 Å². The lowest BCUT2D eigenvalue weighted by atomic mass is 10.2. The molecule has 3 heterocycles. The number of aromatic nitrogens is 2. The molecule has 0 radical (unpaired) electrons. The Balaban J connectivity index is 1.83. The molecule has 0 N–H and O–H groups in total. The predicted molar refractivity (Wildman–Crippen MR) is 90.7 cm³/mol. The lowest BCUT2D eigenvalue weighted by Crippen LogP contribution is -2.38.